The molecule has 0 aliphatic rings. The SMILES string of the molecule is Cc1c(N)nc(-c2ccccc2)nc1Cl. The number of aromatic nitrogens is 2. The van der Waals surface area contributed by atoms with E-state index in [1.54, 1.807) is 6.92 Å². The summed E-state index contributed by atoms with van der Waals surface area (Å²) < 4.78 is 0. The fourth-order valence-corrected chi connectivity index (χ4v) is 1.40. The van der Waals surface area contributed by atoms with Crippen LogP contribution in [0.3, 0.4) is 0 Å². The molecule has 0 bridgehead atoms. The van der Waals surface area contributed by atoms with Crippen LogP contribution in [0.25, 0.3) is 11.4 Å². The molecule has 2 rings (SSSR count). The Balaban J connectivity index is 2.56. The largest absolute Gasteiger partial charge is 0.383 e. The molecule has 1 aromatic heterocycles. The Kier molecular flexibility index (Phi) is 2.56. The molecule has 2 aromatic rings. The molecule has 0 amide bonds. The number of halogens is 1. The van der Waals surface area contributed by atoms with Gasteiger partial charge in [0, 0.05) is 11.1 Å². The Hall–Kier alpha value is -1.61. The van der Waals surface area contributed by atoms with Crippen LogP contribution in [0.5, 0.6) is 0 Å². The molecule has 0 aliphatic heterocycles. The molecule has 0 spiro atoms. The Morgan fingerprint density at radius 3 is 2.40 bits per heavy atom. The lowest BCUT2D eigenvalue weighted by Gasteiger charge is -2.05. The first kappa shape index (κ1) is 9.93. The van der Waals surface area contributed by atoms with Crippen LogP contribution in [0, 0.1) is 6.92 Å². The summed E-state index contributed by atoms with van der Waals surface area (Å²) in [7, 11) is 0. The highest BCUT2D eigenvalue weighted by molar-refractivity contribution is 6.30. The first-order chi connectivity index (χ1) is 7.18. The van der Waals surface area contributed by atoms with Gasteiger partial charge >= 0.3 is 0 Å². The maximum absolute atomic E-state index is 5.94. The first-order valence-electron chi connectivity index (χ1n) is 4.53. The van der Waals surface area contributed by atoms with Gasteiger partial charge in [-0.1, -0.05) is 41.9 Å². The van der Waals surface area contributed by atoms with Gasteiger partial charge in [-0.05, 0) is 6.92 Å². The minimum Gasteiger partial charge on any atom is -0.383 e. The summed E-state index contributed by atoms with van der Waals surface area (Å²) in [5.74, 6) is 0.984. The van der Waals surface area contributed by atoms with E-state index in [9.17, 15) is 0 Å². The van der Waals surface area contributed by atoms with E-state index < -0.39 is 0 Å². The number of rotatable bonds is 1. The number of benzene rings is 1. The van der Waals surface area contributed by atoms with E-state index in [1.807, 2.05) is 30.3 Å². The van der Waals surface area contributed by atoms with E-state index in [2.05, 4.69) is 9.97 Å². The highest BCUT2D eigenvalue weighted by atomic mass is 35.5. The number of hydrogen-bond acceptors (Lipinski definition) is 3. The smallest absolute Gasteiger partial charge is 0.163 e. The van der Waals surface area contributed by atoms with Gasteiger partial charge in [0.25, 0.3) is 0 Å². The van der Waals surface area contributed by atoms with Gasteiger partial charge in [0.1, 0.15) is 11.0 Å². The van der Waals surface area contributed by atoms with Crippen molar-refractivity contribution in [1.82, 2.24) is 9.97 Å². The van der Waals surface area contributed by atoms with Gasteiger partial charge in [0.15, 0.2) is 5.82 Å². The fraction of sp³-hybridized carbons (Fsp3) is 0.0909. The van der Waals surface area contributed by atoms with Crippen LogP contribution in [0.4, 0.5) is 5.82 Å². The van der Waals surface area contributed by atoms with Crippen LogP contribution in [0.2, 0.25) is 5.15 Å². The number of anilines is 1. The Labute approximate surface area is 92.9 Å². The van der Waals surface area contributed by atoms with Gasteiger partial charge in [-0.2, -0.15) is 0 Å². The minimum atomic E-state index is 0.404. The molecule has 15 heavy (non-hydrogen) atoms. The summed E-state index contributed by atoms with van der Waals surface area (Å²) in [6, 6.07) is 9.61. The van der Waals surface area contributed by atoms with Crippen molar-refractivity contribution in [2.24, 2.45) is 0 Å². The van der Waals surface area contributed by atoms with Crippen LogP contribution in [-0.4, -0.2) is 9.97 Å². The Morgan fingerprint density at radius 2 is 1.80 bits per heavy atom. The average Bonchev–Trinajstić information content (AvgIpc) is 2.26. The summed E-state index contributed by atoms with van der Waals surface area (Å²) in [5, 5.41) is 0.404. The Bertz CT molecular complexity index is 459. The topological polar surface area (TPSA) is 51.8 Å². The molecule has 2 N–H and O–H groups in total. The van der Waals surface area contributed by atoms with Gasteiger partial charge in [-0.25, -0.2) is 9.97 Å². The van der Waals surface area contributed by atoms with E-state index in [-0.39, 0.29) is 0 Å². The molecule has 0 unspecified atom stereocenters. The standard InChI is InChI=1S/C11H10ClN3/c1-7-9(12)14-11(15-10(7)13)8-5-3-2-4-6-8/h2-6H,1H3,(H2,13,14,15). The fourth-order valence-electron chi connectivity index (χ4n) is 1.22. The van der Waals surface area contributed by atoms with Gasteiger partial charge in [0.05, 0.1) is 0 Å². The lowest BCUT2D eigenvalue weighted by atomic mass is 10.2. The lowest BCUT2D eigenvalue weighted by Crippen LogP contribution is -1.99. The van der Waals surface area contributed by atoms with Crippen molar-refractivity contribution in [2.75, 3.05) is 5.73 Å². The maximum Gasteiger partial charge on any atom is 0.163 e. The highest BCUT2D eigenvalue weighted by Gasteiger charge is 2.07. The molecular formula is C11H10ClN3. The maximum atomic E-state index is 5.94. The number of nitrogen functional groups attached to an aromatic ring is 1. The number of nitrogens with zero attached hydrogens (tertiary/aromatic N) is 2. The minimum absolute atomic E-state index is 0.404. The van der Waals surface area contributed by atoms with Crippen LogP contribution in [0.15, 0.2) is 30.3 Å². The summed E-state index contributed by atoms with van der Waals surface area (Å²) in [6.07, 6.45) is 0. The summed E-state index contributed by atoms with van der Waals surface area (Å²) >= 11 is 5.94. The van der Waals surface area contributed by atoms with Crippen molar-refractivity contribution in [3.8, 4) is 11.4 Å². The van der Waals surface area contributed by atoms with E-state index >= 15 is 0 Å². The van der Waals surface area contributed by atoms with E-state index in [4.69, 9.17) is 17.3 Å². The molecule has 0 atom stereocenters. The number of nitrogens with two attached hydrogens (primary N) is 1. The zero-order valence-corrected chi connectivity index (χ0v) is 8.99. The van der Waals surface area contributed by atoms with Gasteiger partial charge in [-0.3, -0.25) is 0 Å². The van der Waals surface area contributed by atoms with Crippen molar-refractivity contribution >= 4 is 17.4 Å². The zero-order chi connectivity index (χ0) is 10.8. The third-order valence-corrected chi connectivity index (χ3v) is 2.52. The van der Waals surface area contributed by atoms with Crippen molar-refractivity contribution in [3.63, 3.8) is 0 Å². The predicted molar refractivity (Wildman–Crippen MR) is 61.6 cm³/mol. The molecule has 4 heteroatoms. The second-order valence-electron chi connectivity index (χ2n) is 3.21. The van der Waals surface area contributed by atoms with E-state index in [0.29, 0.717) is 16.8 Å². The highest BCUT2D eigenvalue weighted by Crippen LogP contribution is 2.22. The monoisotopic (exact) mass is 219 g/mol. The normalized spacial score (nSPS) is 10.3. The van der Waals surface area contributed by atoms with Crippen LogP contribution < -0.4 is 5.73 Å². The van der Waals surface area contributed by atoms with Crippen molar-refractivity contribution in [2.45, 2.75) is 6.92 Å². The first-order valence-corrected chi connectivity index (χ1v) is 4.91. The molecule has 0 fully saturated rings. The zero-order valence-electron chi connectivity index (χ0n) is 8.24. The van der Waals surface area contributed by atoms with Crippen LogP contribution >= 0.6 is 11.6 Å². The summed E-state index contributed by atoms with van der Waals surface area (Å²) in [4.78, 5) is 8.36. The van der Waals surface area contributed by atoms with Gasteiger partial charge in [-0.15, -0.1) is 0 Å². The van der Waals surface area contributed by atoms with Gasteiger partial charge in [0.2, 0.25) is 0 Å². The van der Waals surface area contributed by atoms with E-state index in [0.717, 1.165) is 11.1 Å². The quantitative estimate of drug-likeness (QED) is 0.751. The molecule has 76 valence electrons. The summed E-state index contributed by atoms with van der Waals surface area (Å²) in [5.41, 5.74) is 7.35. The van der Waals surface area contributed by atoms with Crippen LogP contribution in [-0.2, 0) is 0 Å². The van der Waals surface area contributed by atoms with Crippen molar-refractivity contribution in [3.05, 3.63) is 41.0 Å². The second-order valence-corrected chi connectivity index (χ2v) is 3.57. The molecule has 1 aromatic carbocycles. The summed E-state index contributed by atoms with van der Waals surface area (Å²) in [6.45, 7) is 1.80. The Morgan fingerprint density at radius 1 is 1.13 bits per heavy atom. The van der Waals surface area contributed by atoms with Crippen LogP contribution in [0.1, 0.15) is 5.56 Å². The molecule has 0 aliphatic carbocycles. The van der Waals surface area contributed by atoms with E-state index in [1.165, 1.54) is 0 Å². The van der Waals surface area contributed by atoms with Crippen molar-refractivity contribution < 1.29 is 0 Å². The van der Waals surface area contributed by atoms with Gasteiger partial charge < -0.3 is 5.73 Å². The molecule has 0 radical (unpaired) electrons. The molecule has 0 saturated carbocycles. The second kappa shape index (κ2) is 3.87. The third kappa shape index (κ3) is 1.92. The van der Waals surface area contributed by atoms with Crippen molar-refractivity contribution in [1.29, 1.82) is 0 Å². The molecular weight excluding hydrogens is 210 g/mol. The molecule has 3 nitrogen and oxygen atoms in total. The number of hydrogen-bond donors (Lipinski definition) is 1. The predicted octanol–water partition coefficient (Wildman–Crippen LogP) is 2.69. The third-order valence-electron chi connectivity index (χ3n) is 2.16. The lowest BCUT2D eigenvalue weighted by molar-refractivity contribution is 1.15. The molecule has 0 saturated heterocycles. The average molecular weight is 220 g/mol. The molecule has 1 heterocycles.